The number of anilines is 2. The molecule has 1 fully saturated rings. The lowest BCUT2D eigenvalue weighted by molar-refractivity contribution is -0.384. The van der Waals surface area contributed by atoms with Crippen molar-refractivity contribution in [2.24, 2.45) is 0 Å². The molecular weight excluding hydrogens is 366 g/mol. The van der Waals surface area contributed by atoms with Crippen LogP contribution in [0.4, 0.5) is 17.1 Å². The van der Waals surface area contributed by atoms with Gasteiger partial charge in [0.1, 0.15) is 0 Å². The first-order valence-corrected chi connectivity index (χ1v) is 9.44. The highest BCUT2D eigenvalue weighted by Gasteiger charge is 2.22. The molecule has 1 N–H and O–H groups in total. The molecule has 1 aliphatic heterocycles. The zero-order chi connectivity index (χ0) is 19.4. The predicted molar refractivity (Wildman–Crippen MR) is 105 cm³/mol. The fourth-order valence-electron chi connectivity index (χ4n) is 2.82. The van der Waals surface area contributed by atoms with Gasteiger partial charge in [0, 0.05) is 41.4 Å². The van der Waals surface area contributed by atoms with Crippen molar-refractivity contribution in [1.29, 1.82) is 0 Å². The second kappa shape index (κ2) is 8.22. The lowest BCUT2D eigenvalue weighted by Gasteiger charge is -2.17. The average Bonchev–Trinajstić information content (AvgIpc) is 3.08. The quantitative estimate of drug-likeness (QED) is 0.463. The number of carbonyl (C=O) groups excluding carboxylic acids is 2. The van der Waals surface area contributed by atoms with Gasteiger partial charge >= 0.3 is 0 Å². The van der Waals surface area contributed by atoms with E-state index in [0.29, 0.717) is 18.7 Å². The highest BCUT2D eigenvalue weighted by atomic mass is 32.2. The van der Waals surface area contributed by atoms with E-state index in [2.05, 4.69) is 5.32 Å². The van der Waals surface area contributed by atoms with E-state index in [1.807, 2.05) is 12.1 Å². The van der Waals surface area contributed by atoms with Gasteiger partial charge in [-0.2, -0.15) is 0 Å². The van der Waals surface area contributed by atoms with Crippen LogP contribution in [0.15, 0.2) is 53.4 Å². The second-order valence-electron chi connectivity index (χ2n) is 6.20. The summed E-state index contributed by atoms with van der Waals surface area (Å²) in [6.07, 6.45) is 1.40. The summed E-state index contributed by atoms with van der Waals surface area (Å²) in [6.45, 7) is 2.47. The SMILES string of the molecule is CC(Sc1ccc([N+](=O)[O-])cc1)C(=O)Nc1cccc(N2CCCC2=O)c1. The molecule has 2 aromatic rings. The molecule has 2 aromatic carbocycles. The first-order valence-electron chi connectivity index (χ1n) is 8.56. The second-order valence-corrected chi connectivity index (χ2v) is 7.61. The van der Waals surface area contributed by atoms with Crippen LogP contribution in [-0.2, 0) is 9.59 Å². The number of nitrogens with zero attached hydrogens (tertiary/aromatic N) is 2. The third-order valence-corrected chi connectivity index (χ3v) is 5.34. The minimum atomic E-state index is -0.456. The summed E-state index contributed by atoms with van der Waals surface area (Å²) in [5, 5.41) is 13.2. The van der Waals surface area contributed by atoms with E-state index in [1.165, 1.54) is 23.9 Å². The normalized spacial score (nSPS) is 14.9. The van der Waals surface area contributed by atoms with E-state index in [-0.39, 0.29) is 22.8 Å². The van der Waals surface area contributed by atoms with Crippen molar-refractivity contribution in [3.63, 3.8) is 0 Å². The van der Waals surface area contributed by atoms with E-state index in [4.69, 9.17) is 0 Å². The molecule has 1 saturated heterocycles. The molecule has 0 aromatic heterocycles. The van der Waals surface area contributed by atoms with Crippen LogP contribution in [0.2, 0.25) is 0 Å². The van der Waals surface area contributed by atoms with Gasteiger partial charge in [-0.15, -0.1) is 11.8 Å². The largest absolute Gasteiger partial charge is 0.325 e. The van der Waals surface area contributed by atoms with Gasteiger partial charge in [0.25, 0.3) is 5.69 Å². The topological polar surface area (TPSA) is 92.5 Å². The molecule has 140 valence electrons. The zero-order valence-corrected chi connectivity index (χ0v) is 15.6. The van der Waals surface area contributed by atoms with Crippen molar-refractivity contribution in [1.82, 2.24) is 0 Å². The standard InChI is InChI=1S/C19H19N3O4S/c1-13(27-17-9-7-15(8-10-17)22(25)26)19(24)20-14-4-2-5-16(12-14)21-11-3-6-18(21)23/h2,4-5,7-10,12-13H,3,6,11H2,1H3,(H,20,24). The van der Waals surface area contributed by atoms with Crippen LogP contribution < -0.4 is 10.2 Å². The number of amides is 2. The van der Waals surface area contributed by atoms with Crippen molar-refractivity contribution in [3.8, 4) is 0 Å². The first kappa shape index (κ1) is 18.9. The molecular formula is C19H19N3O4S. The Morgan fingerprint density at radius 2 is 2.00 bits per heavy atom. The number of hydrogen-bond acceptors (Lipinski definition) is 5. The fourth-order valence-corrected chi connectivity index (χ4v) is 3.69. The highest BCUT2D eigenvalue weighted by molar-refractivity contribution is 8.00. The number of hydrogen-bond donors (Lipinski definition) is 1. The molecule has 8 heteroatoms. The summed E-state index contributed by atoms with van der Waals surface area (Å²) in [5.74, 6) is -0.0798. The molecule has 0 spiro atoms. The van der Waals surface area contributed by atoms with Gasteiger partial charge in [0.2, 0.25) is 11.8 Å². The Balaban J connectivity index is 1.62. The van der Waals surface area contributed by atoms with Gasteiger partial charge in [0.05, 0.1) is 10.2 Å². The van der Waals surface area contributed by atoms with Gasteiger partial charge in [-0.05, 0) is 43.7 Å². The van der Waals surface area contributed by atoms with Gasteiger partial charge in [0.15, 0.2) is 0 Å². The predicted octanol–water partition coefficient (Wildman–Crippen LogP) is 3.84. The van der Waals surface area contributed by atoms with Crippen molar-refractivity contribution in [2.45, 2.75) is 29.9 Å². The van der Waals surface area contributed by atoms with Gasteiger partial charge in [-0.25, -0.2) is 0 Å². The Morgan fingerprint density at radius 3 is 2.63 bits per heavy atom. The third kappa shape index (κ3) is 4.65. The zero-order valence-electron chi connectivity index (χ0n) is 14.8. The number of rotatable bonds is 6. The summed E-state index contributed by atoms with van der Waals surface area (Å²) in [7, 11) is 0. The minimum absolute atomic E-state index is 0.0183. The molecule has 0 saturated carbocycles. The molecule has 0 radical (unpaired) electrons. The Labute approximate surface area is 160 Å². The maximum absolute atomic E-state index is 12.5. The highest BCUT2D eigenvalue weighted by Crippen LogP contribution is 2.27. The van der Waals surface area contributed by atoms with Gasteiger partial charge in [-0.1, -0.05) is 6.07 Å². The van der Waals surface area contributed by atoms with Crippen LogP contribution in [0.5, 0.6) is 0 Å². The molecule has 0 aliphatic carbocycles. The maximum atomic E-state index is 12.5. The summed E-state index contributed by atoms with van der Waals surface area (Å²) in [6, 6.07) is 13.3. The van der Waals surface area contributed by atoms with E-state index in [9.17, 15) is 19.7 Å². The number of thioether (sulfide) groups is 1. The number of benzene rings is 2. The molecule has 1 aliphatic rings. The van der Waals surface area contributed by atoms with E-state index >= 15 is 0 Å². The van der Waals surface area contributed by atoms with E-state index in [1.54, 1.807) is 36.1 Å². The van der Waals surface area contributed by atoms with Crippen LogP contribution in [0.3, 0.4) is 0 Å². The number of nitro benzene ring substituents is 1. The average molecular weight is 385 g/mol. The van der Waals surface area contributed by atoms with Crippen LogP contribution in [0, 0.1) is 10.1 Å². The Kier molecular flexibility index (Phi) is 5.75. The number of non-ortho nitro benzene ring substituents is 1. The molecule has 27 heavy (non-hydrogen) atoms. The molecule has 1 heterocycles. The van der Waals surface area contributed by atoms with Crippen molar-refractivity contribution >= 4 is 40.6 Å². The van der Waals surface area contributed by atoms with Crippen LogP contribution in [0.1, 0.15) is 19.8 Å². The fraction of sp³-hybridized carbons (Fsp3) is 0.263. The number of nitro groups is 1. The van der Waals surface area contributed by atoms with Gasteiger partial charge < -0.3 is 10.2 Å². The third-order valence-electron chi connectivity index (χ3n) is 4.23. The Hall–Kier alpha value is -2.87. The summed E-state index contributed by atoms with van der Waals surface area (Å²) < 4.78 is 0. The molecule has 2 amide bonds. The maximum Gasteiger partial charge on any atom is 0.269 e. The van der Waals surface area contributed by atoms with Crippen molar-refractivity contribution in [2.75, 3.05) is 16.8 Å². The molecule has 1 unspecified atom stereocenters. The number of carbonyl (C=O) groups is 2. The molecule has 7 nitrogen and oxygen atoms in total. The Morgan fingerprint density at radius 1 is 1.26 bits per heavy atom. The summed E-state index contributed by atoms with van der Waals surface area (Å²) in [4.78, 5) is 37.1. The van der Waals surface area contributed by atoms with Crippen LogP contribution in [0.25, 0.3) is 0 Å². The monoisotopic (exact) mass is 385 g/mol. The van der Waals surface area contributed by atoms with E-state index in [0.717, 1.165) is 17.0 Å². The van der Waals surface area contributed by atoms with E-state index < -0.39 is 4.92 Å². The smallest absolute Gasteiger partial charge is 0.269 e. The van der Waals surface area contributed by atoms with Crippen molar-refractivity contribution in [3.05, 3.63) is 58.6 Å². The lowest BCUT2D eigenvalue weighted by Crippen LogP contribution is -2.25. The van der Waals surface area contributed by atoms with Crippen LogP contribution >= 0.6 is 11.8 Å². The molecule has 1 atom stereocenters. The lowest BCUT2D eigenvalue weighted by atomic mass is 10.2. The Bertz CT molecular complexity index is 870. The van der Waals surface area contributed by atoms with Crippen LogP contribution in [-0.4, -0.2) is 28.5 Å². The van der Waals surface area contributed by atoms with Gasteiger partial charge in [-0.3, -0.25) is 19.7 Å². The number of nitrogens with one attached hydrogen (secondary N) is 1. The summed E-state index contributed by atoms with van der Waals surface area (Å²) >= 11 is 1.32. The molecule has 3 rings (SSSR count). The first-order chi connectivity index (χ1) is 12.9. The summed E-state index contributed by atoms with van der Waals surface area (Å²) in [5.41, 5.74) is 1.43. The van der Waals surface area contributed by atoms with Crippen molar-refractivity contribution < 1.29 is 14.5 Å². The minimum Gasteiger partial charge on any atom is -0.325 e. The molecule has 0 bridgehead atoms.